The van der Waals surface area contributed by atoms with E-state index in [0.717, 1.165) is 5.32 Å². The standard InChI is InChI=1S/C7H6F7NO/c1-2-3(16)15-5(10)7(13,14)6(11,12)4(8)9/h2,4-5H,1H2,(H,15,16). The minimum atomic E-state index is -5.89. The Morgan fingerprint density at radius 2 is 1.56 bits per heavy atom. The van der Waals surface area contributed by atoms with Crippen molar-refractivity contribution in [3.05, 3.63) is 12.7 Å². The van der Waals surface area contributed by atoms with E-state index in [9.17, 15) is 35.5 Å². The Morgan fingerprint density at radius 3 is 1.88 bits per heavy atom. The lowest BCUT2D eigenvalue weighted by Gasteiger charge is -2.28. The van der Waals surface area contributed by atoms with Crippen LogP contribution in [0.4, 0.5) is 30.7 Å². The highest BCUT2D eigenvalue weighted by Crippen LogP contribution is 2.41. The largest absolute Gasteiger partial charge is 0.374 e. The van der Waals surface area contributed by atoms with Gasteiger partial charge in [0.15, 0.2) is 0 Å². The molecule has 1 atom stereocenters. The molecule has 0 fully saturated rings. The van der Waals surface area contributed by atoms with Gasteiger partial charge in [-0.25, -0.2) is 13.2 Å². The van der Waals surface area contributed by atoms with E-state index in [1.54, 1.807) is 0 Å². The number of hydrogen-bond acceptors (Lipinski definition) is 1. The third-order valence-electron chi connectivity index (χ3n) is 1.49. The van der Waals surface area contributed by atoms with Crippen LogP contribution in [-0.2, 0) is 4.79 Å². The summed E-state index contributed by atoms with van der Waals surface area (Å²) in [6.07, 6.45) is -8.38. The zero-order valence-electron chi connectivity index (χ0n) is 7.49. The molecule has 0 radical (unpaired) electrons. The first-order valence-corrected chi connectivity index (χ1v) is 3.68. The van der Waals surface area contributed by atoms with Gasteiger partial charge in [-0.1, -0.05) is 6.58 Å². The second kappa shape index (κ2) is 4.71. The van der Waals surface area contributed by atoms with Crippen LogP contribution in [0.1, 0.15) is 0 Å². The summed E-state index contributed by atoms with van der Waals surface area (Å²) in [5, 5.41) is 0.744. The van der Waals surface area contributed by atoms with Gasteiger partial charge in [0.1, 0.15) is 0 Å². The molecule has 9 heteroatoms. The van der Waals surface area contributed by atoms with Crippen molar-refractivity contribution in [3.63, 3.8) is 0 Å². The molecular weight excluding hydrogens is 247 g/mol. The second-order valence-electron chi connectivity index (χ2n) is 2.62. The number of carbonyl (C=O) groups is 1. The molecule has 1 amide bonds. The van der Waals surface area contributed by atoms with Crippen LogP contribution in [0.25, 0.3) is 0 Å². The van der Waals surface area contributed by atoms with E-state index in [2.05, 4.69) is 6.58 Å². The molecule has 0 aromatic heterocycles. The molecule has 0 aromatic carbocycles. The van der Waals surface area contributed by atoms with E-state index in [4.69, 9.17) is 0 Å². The minimum Gasteiger partial charge on any atom is -0.318 e. The van der Waals surface area contributed by atoms with E-state index in [1.807, 2.05) is 0 Å². The van der Waals surface area contributed by atoms with Crippen molar-refractivity contribution in [1.29, 1.82) is 0 Å². The fourth-order valence-corrected chi connectivity index (χ4v) is 0.589. The predicted octanol–water partition coefficient (Wildman–Crippen LogP) is 2.12. The highest BCUT2D eigenvalue weighted by atomic mass is 19.3. The summed E-state index contributed by atoms with van der Waals surface area (Å²) in [6, 6.07) is 0. The zero-order valence-corrected chi connectivity index (χ0v) is 7.49. The van der Waals surface area contributed by atoms with Crippen LogP contribution >= 0.6 is 0 Å². The van der Waals surface area contributed by atoms with Gasteiger partial charge in [-0.05, 0) is 6.08 Å². The normalized spacial score (nSPS) is 14.8. The van der Waals surface area contributed by atoms with Crippen LogP contribution in [0, 0.1) is 0 Å². The van der Waals surface area contributed by atoms with Crippen molar-refractivity contribution < 1.29 is 35.5 Å². The molecule has 0 aliphatic heterocycles. The van der Waals surface area contributed by atoms with Gasteiger partial charge >= 0.3 is 18.3 Å². The highest BCUT2D eigenvalue weighted by Gasteiger charge is 2.67. The van der Waals surface area contributed by atoms with E-state index in [0.29, 0.717) is 6.08 Å². The van der Waals surface area contributed by atoms with Crippen molar-refractivity contribution in [2.75, 3.05) is 0 Å². The lowest BCUT2D eigenvalue weighted by Crippen LogP contribution is -2.57. The Labute approximate surface area is 85.1 Å². The lowest BCUT2D eigenvalue weighted by atomic mass is 10.1. The van der Waals surface area contributed by atoms with Crippen molar-refractivity contribution in [3.8, 4) is 0 Å². The highest BCUT2D eigenvalue weighted by molar-refractivity contribution is 5.87. The second-order valence-corrected chi connectivity index (χ2v) is 2.62. The summed E-state index contributed by atoms with van der Waals surface area (Å²) in [5.74, 6) is -13.1. The summed E-state index contributed by atoms with van der Waals surface area (Å²) in [5.41, 5.74) is 0. The van der Waals surface area contributed by atoms with Crippen molar-refractivity contribution in [2.24, 2.45) is 0 Å². The average molecular weight is 253 g/mol. The smallest absolute Gasteiger partial charge is 0.318 e. The summed E-state index contributed by atoms with van der Waals surface area (Å²) in [7, 11) is 0. The first-order valence-electron chi connectivity index (χ1n) is 3.68. The van der Waals surface area contributed by atoms with Crippen LogP contribution in [0.2, 0.25) is 0 Å². The monoisotopic (exact) mass is 253 g/mol. The van der Waals surface area contributed by atoms with Gasteiger partial charge in [0.05, 0.1) is 0 Å². The van der Waals surface area contributed by atoms with Crippen molar-refractivity contribution in [1.82, 2.24) is 5.32 Å². The fraction of sp³-hybridized carbons (Fsp3) is 0.571. The van der Waals surface area contributed by atoms with Gasteiger partial charge in [-0.3, -0.25) is 4.79 Å². The van der Waals surface area contributed by atoms with Crippen LogP contribution in [0.3, 0.4) is 0 Å². The van der Waals surface area contributed by atoms with E-state index < -0.39 is 30.5 Å². The van der Waals surface area contributed by atoms with Gasteiger partial charge in [0, 0.05) is 0 Å². The van der Waals surface area contributed by atoms with Gasteiger partial charge in [0.2, 0.25) is 12.2 Å². The minimum absolute atomic E-state index is 0.323. The summed E-state index contributed by atoms with van der Waals surface area (Å²) in [6.45, 7) is 2.73. The number of hydrogen-bond donors (Lipinski definition) is 1. The van der Waals surface area contributed by atoms with Gasteiger partial charge in [0.25, 0.3) is 0 Å². The Morgan fingerprint density at radius 1 is 1.12 bits per heavy atom. The molecule has 0 heterocycles. The molecule has 1 unspecified atom stereocenters. The molecule has 0 spiro atoms. The van der Waals surface area contributed by atoms with E-state index in [-0.39, 0.29) is 0 Å². The van der Waals surface area contributed by atoms with Crippen LogP contribution in [0.5, 0.6) is 0 Å². The molecule has 94 valence electrons. The van der Waals surface area contributed by atoms with Crippen molar-refractivity contribution in [2.45, 2.75) is 24.6 Å². The van der Waals surface area contributed by atoms with E-state index in [1.165, 1.54) is 0 Å². The molecule has 0 saturated heterocycles. The summed E-state index contributed by atoms with van der Waals surface area (Å²) < 4.78 is 85.0. The van der Waals surface area contributed by atoms with Gasteiger partial charge in [-0.15, -0.1) is 0 Å². The van der Waals surface area contributed by atoms with Crippen molar-refractivity contribution >= 4 is 5.91 Å². The Kier molecular flexibility index (Phi) is 4.33. The predicted molar refractivity (Wildman–Crippen MR) is 39.1 cm³/mol. The maximum atomic E-state index is 12.5. The van der Waals surface area contributed by atoms with Crippen LogP contribution in [-0.4, -0.2) is 30.5 Å². The fourth-order valence-electron chi connectivity index (χ4n) is 0.589. The van der Waals surface area contributed by atoms with Gasteiger partial charge < -0.3 is 5.32 Å². The Hall–Kier alpha value is -1.28. The first-order chi connectivity index (χ1) is 7.07. The maximum absolute atomic E-state index is 12.5. The number of alkyl halides is 7. The molecule has 0 bridgehead atoms. The van der Waals surface area contributed by atoms with Crippen LogP contribution < -0.4 is 5.32 Å². The Bertz CT molecular complexity index is 278. The molecule has 0 rings (SSSR count). The SMILES string of the molecule is C=CC(=O)NC(F)C(F)(F)C(F)(F)C(F)F. The topological polar surface area (TPSA) is 29.1 Å². The molecule has 0 aliphatic rings. The number of rotatable bonds is 5. The van der Waals surface area contributed by atoms with E-state index >= 15 is 0 Å². The number of carbonyl (C=O) groups excluding carboxylic acids is 1. The Balaban J connectivity index is 4.90. The van der Waals surface area contributed by atoms with Gasteiger partial charge in [-0.2, -0.15) is 17.6 Å². The molecular formula is C7H6F7NO. The molecule has 0 aliphatic carbocycles. The third kappa shape index (κ3) is 2.64. The maximum Gasteiger partial charge on any atom is 0.374 e. The average Bonchev–Trinajstić information content (AvgIpc) is 2.16. The molecule has 16 heavy (non-hydrogen) atoms. The lowest BCUT2D eigenvalue weighted by molar-refractivity contribution is -0.287. The molecule has 0 aromatic rings. The summed E-state index contributed by atoms with van der Waals surface area (Å²) >= 11 is 0. The number of nitrogens with one attached hydrogen (secondary N) is 1. The molecule has 0 saturated carbocycles. The van der Waals surface area contributed by atoms with Crippen LogP contribution in [0.15, 0.2) is 12.7 Å². The zero-order chi connectivity index (χ0) is 13.1. The first kappa shape index (κ1) is 14.7. The number of halogens is 7. The third-order valence-corrected chi connectivity index (χ3v) is 1.49. The number of amides is 1. The molecule has 2 nitrogen and oxygen atoms in total. The molecule has 1 N–H and O–H groups in total. The quantitative estimate of drug-likeness (QED) is 0.454. The summed E-state index contributed by atoms with van der Waals surface area (Å²) in [4.78, 5) is 10.3.